The number of aryl methyl sites for hydroxylation is 1. The number of piperidine rings is 1. The molecule has 1 saturated heterocycles. The lowest BCUT2D eigenvalue weighted by Gasteiger charge is -2.19. The van der Waals surface area contributed by atoms with Gasteiger partial charge in [-0.25, -0.2) is 4.68 Å². The van der Waals surface area contributed by atoms with Crippen molar-refractivity contribution in [3.05, 3.63) is 5.82 Å². The predicted octanol–water partition coefficient (Wildman–Crippen LogP) is 2.95. The van der Waals surface area contributed by atoms with E-state index in [1.807, 2.05) is 18.8 Å². The van der Waals surface area contributed by atoms with Crippen molar-refractivity contribution < 1.29 is 4.79 Å². The number of hydrogen-bond donors (Lipinski definition) is 2. The molecule has 8 heteroatoms. The third kappa shape index (κ3) is 6.99. The van der Waals surface area contributed by atoms with Crippen molar-refractivity contribution in [3.8, 4) is 0 Å². The SMILES string of the molecule is Cl.Cn1nc(C2CCNCC2)nc1NC(=O)CCCSC(C)(C)C. The molecule has 6 nitrogen and oxygen atoms in total. The van der Waals surface area contributed by atoms with Crippen molar-refractivity contribution >= 4 is 36.0 Å². The fourth-order valence-corrected chi connectivity index (χ4v) is 3.47. The summed E-state index contributed by atoms with van der Waals surface area (Å²) in [4.78, 5) is 16.6. The largest absolute Gasteiger partial charge is 0.317 e. The van der Waals surface area contributed by atoms with Crippen LogP contribution in [0.3, 0.4) is 0 Å². The fraction of sp³-hybridized carbons (Fsp3) is 0.812. The second kappa shape index (κ2) is 9.63. The Morgan fingerprint density at radius 2 is 2.04 bits per heavy atom. The summed E-state index contributed by atoms with van der Waals surface area (Å²) in [6, 6.07) is 0. The van der Waals surface area contributed by atoms with Crippen LogP contribution in [-0.2, 0) is 11.8 Å². The minimum Gasteiger partial charge on any atom is -0.317 e. The molecule has 0 saturated carbocycles. The maximum Gasteiger partial charge on any atom is 0.227 e. The predicted molar refractivity (Wildman–Crippen MR) is 103 cm³/mol. The van der Waals surface area contributed by atoms with Crippen LogP contribution < -0.4 is 10.6 Å². The zero-order valence-corrected chi connectivity index (χ0v) is 16.7. The van der Waals surface area contributed by atoms with Gasteiger partial charge in [-0.15, -0.1) is 12.4 Å². The number of amides is 1. The lowest BCUT2D eigenvalue weighted by Crippen LogP contribution is -2.27. The minimum absolute atomic E-state index is 0. The Morgan fingerprint density at radius 3 is 2.67 bits per heavy atom. The molecule has 1 aliphatic rings. The van der Waals surface area contributed by atoms with Gasteiger partial charge >= 0.3 is 0 Å². The van der Waals surface area contributed by atoms with Gasteiger partial charge < -0.3 is 5.32 Å². The summed E-state index contributed by atoms with van der Waals surface area (Å²) in [5.74, 6) is 2.83. The number of thioether (sulfide) groups is 1. The highest BCUT2D eigenvalue weighted by atomic mass is 35.5. The first-order chi connectivity index (χ1) is 10.8. The molecular weight excluding hydrogens is 346 g/mol. The summed E-state index contributed by atoms with van der Waals surface area (Å²) in [5.41, 5.74) is 0. The van der Waals surface area contributed by atoms with Crippen LogP contribution in [0.25, 0.3) is 0 Å². The number of carbonyl (C=O) groups excluding carboxylic acids is 1. The Bertz CT molecular complexity index is 523. The van der Waals surface area contributed by atoms with Crippen molar-refractivity contribution in [2.24, 2.45) is 7.05 Å². The Kier molecular flexibility index (Phi) is 8.53. The second-order valence-electron chi connectivity index (χ2n) is 7.05. The fourth-order valence-electron chi connectivity index (χ4n) is 2.56. The van der Waals surface area contributed by atoms with Crippen LogP contribution in [0.5, 0.6) is 0 Å². The zero-order chi connectivity index (χ0) is 16.9. The van der Waals surface area contributed by atoms with Crippen molar-refractivity contribution in [2.75, 3.05) is 24.2 Å². The minimum atomic E-state index is 0. The van der Waals surface area contributed by atoms with Gasteiger partial charge in [-0.1, -0.05) is 20.8 Å². The van der Waals surface area contributed by atoms with Crippen molar-refractivity contribution in [1.82, 2.24) is 20.1 Å². The van der Waals surface area contributed by atoms with E-state index in [4.69, 9.17) is 0 Å². The van der Waals surface area contributed by atoms with Gasteiger partial charge in [0.15, 0.2) is 5.82 Å². The van der Waals surface area contributed by atoms with Gasteiger partial charge in [-0.3, -0.25) is 10.1 Å². The van der Waals surface area contributed by atoms with E-state index in [9.17, 15) is 4.79 Å². The molecule has 0 atom stereocenters. The van der Waals surface area contributed by atoms with E-state index in [2.05, 4.69) is 41.5 Å². The molecule has 0 aromatic carbocycles. The molecule has 2 rings (SSSR count). The molecule has 0 bridgehead atoms. The number of rotatable bonds is 6. The van der Waals surface area contributed by atoms with E-state index in [-0.39, 0.29) is 23.1 Å². The van der Waals surface area contributed by atoms with Crippen LogP contribution in [0.4, 0.5) is 5.95 Å². The molecule has 2 N–H and O–H groups in total. The van der Waals surface area contributed by atoms with Gasteiger partial charge in [0, 0.05) is 24.1 Å². The summed E-state index contributed by atoms with van der Waals surface area (Å²) in [7, 11) is 1.84. The van der Waals surface area contributed by atoms with Crippen LogP contribution in [0.1, 0.15) is 58.2 Å². The monoisotopic (exact) mass is 375 g/mol. The van der Waals surface area contributed by atoms with Crippen LogP contribution in [0.2, 0.25) is 0 Å². The lowest BCUT2D eigenvalue weighted by atomic mass is 9.98. The smallest absolute Gasteiger partial charge is 0.227 e. The molecule has 1 aromatic rings. The highest BCUT2D eigenvalue weighted by molar-refractivity contribution is 8.00. The Labute approximate surface area is 155 Å². The van der Waals surface area contributed by atoms with E-state index in [0.717, 1.165) is 43.9 Å². The molecule has 1 aromatic heterocycles. The van der Waals surface area contributed by atoms with Crippen molar-refractivity contribution in [1.29, 1.82) is 0 Å². The zero-order valence-electron chi connectivity index (χ0n) is 15.1. The van der Waals surface area contributed by atoms with Gasteiger partial charge in [0.05, 0.1) is 0 Å². The van der Waals surface area contributed by atoms with Gasteiger partial charge in [0.2, 0.25) is 11.9 Å². The van der Waals surface area contributed by atoms with E-state index in [1.54, 1.807) is 4.68 Å². The molecule has 138 valence electrons. The number of carbonyl (C=O) groups is 1. The maximum atomic E-state index is 12.1. The highest BCUT2D eigenvalue weighted by Gasteiger charge is 2.21. The first-order valence-electron chi connectivity index (χ1n) is 8.40. The second-order valence-corrected chi connectivity index (χ2v) is 8.98. The molecule has 1 aliphatic heterocycles. The van der Waals surface area contributed by atoms with Crippen LogP contribution in [0, 0.1) is 0 Å². The number of nitrogens with one attached hydrogen (secondary N) is 2. The summed E-state index contributed by atoms with van der Waals surface area (Å²) in [6.45, 7) is 8.60. The number of nitrogens with zero attached hydrogens (tertiary/aromatic N) is 3. The first kappa shape index (κ1) is 21.3. The summed E-state index contributed by atoms with van der Waals surface area (Å²) >= 11 is 1.89. The van der Waals surface area contributed by atoms with E-state index in [1.165, 1.54) is 0 Å². The quantitative estimate of drug-likeness (QED) is 0.748. The summed E-state index contributed by atoms with van der Waals surface area (Å²) < 4.78 is 1.93. The Morgan fingerprint density at radius 1 is 1.38 bits per heavy atom. The first-order valence-corrected chi connectivity index (χ1v) is 9.39. The standard InChI is InChI=1S/C16H29N5OS.ClH/c1-16(2,3)23-11-5-6-13(22)18-15-19-14(20-21(15)4)12-7-9-17-10-8-12;/h12,17H,5-11H2,1-4H3,(H,18,19,20,22);1H. The van der Waals surface area contributed by atoms with Gasteiger partial charge in [-0.2, -0.15) is 21.8 Å². The van der Waals surface area contributed by atoms with Gasteiger partial charge in [-0.05, 0) is 38.1 Å². The number of halogens is 1. The summed E-state index contributed by atoms with van der Waals surface area (Å²) in [5, 5.41) is 10.7. The third-order valence-electron chi connectivity index (χ3n) is 3.82. The topological polar surface area (TPSA) is 71.8 Å². The van der Waals surface area contributed by atoms with Crippen molar-refractivity contribution in [2.45, 2.75) is 57.1 Å². The molecule has 0 unspecified atom stereocenters. The highest BCUT2D eigenvalue weighted by Crippen LogP contribution is 2.25. The van der Waals surface area contributed by atoms with Crippen LogP contribution in [0.15, 0.2) is 0 Å². The number of anilines is 1. The van der Waals surface area contributed by atoms with Crippen LogP contribution >= 0.6 is 24.2 Å². The average molecular weight is 376 g/mol. The molecule has 0 radical (unpaired) electrons. The molecule has 2 heterocycles. The van der Waals surface area contributed by atoms with Crippen molar-refractivity contribution in [3.63, 3.8) is 0 Å². The lowest BCUT2D eigenvalue weighted by molar-refractivity contribution is -0.116. The number of aromatic nitrogens is 3. The van der Waals surface area contributed by atoms with E-state index < -0.39 is 0 Å². The third-order valence-corrected chi connectivity index (χ3v) is 5.18. The van der Waals surface area contributed by atoms with Gasteiger partial charge in [0.25, 0.3) is 0 Å². The van der Waals surface area contributed by atoms with E-state index >= 15 is 0 Å². The molecule has 1 amide bonds. The molecule has 0 spiro atoms. The molecule has 24 heavy (non-hydrogen) atoms. The van der Waals surface area contributed by atoms with Crippen LogP contribution in [-0.4, -0.2) is 44.3 Å². The Hall–Kier alpha value is -0.790. The average Bonchev–Trinajstić information content (AvgIpc) is 2.85. The Balaban J connectivity index is 0.00000288. The maximum absolute atomic E-state index is 12.1. The molecule has 1 fully saturated rings. The molecule has 0 aliphatic carbocycles. The van der Waals surface area contributed by atoms with E-state index in [0.29, 0.717) is 18.3 Å². The number of hydrogen-bond acceptors (Lipinski definition) is 5. The molecular formula is C16H30ClN5OS. The van der Waals surface area contributed by atoms with Gasteiger partial charge in [0.1, 0.15) is 0 Å². The summed E-state index contributed by atoms with van der Waals surface area (Å²) in [6.07, 6.45) is 3.52. The normalized spacial score (nSPS) is 15.8.